The van der Waals surface area contributed by atoms with Crippen molar-refractivity contribution in [1.82, 2.24) is 5.32 Å². The number of aliphatic hydroxyl groups is 1. The first-order chi connectivity index (χ1) is 36.6. The third-order valence-corrected chi connectivity index (χ3v) is 12.5. The van der Waals surface area contributed by atoms with Gasteiger partial charge in [-0.05, 0) is 29.2 Å². The molecule has 7 rings (SSSR count). The van der Waals surface area contributed by atoms with Gasteiger partial charge in [0.05, 0.1) is 39.1 Å². The van der Waals surface area contributed by atoms with E-state index >= 15 is 0 Å². The number of aliphatic hydroxyl groups excluding tert-OH is 1. The van der Waals surface area contributed by atoms with Crippen LogP contribution in [0.5, 0.6) is 0 Å². The molecule has 3 fully saturated rings. The summed E-state index contributed by atoms with van der Waals surface area (Å²) < 4.78 is 82.6. The molecule has 76 heavy (non-hydrogen) atoms. The van der Waals surface area contributed by atoms with E-state index in [-0.39, 0.29) is 33.0 Å². The van der Waals surface area contributed by atoms with Crippen LogP contribution in [0.4, 0.5) is 0 Å². The van der Waals surface area contributed by atoms with Crippen LogP contribution in [-0.2, 0) is 112 Å². The number of carbonyl (C=O) groups excluding carboxylic acids is 5. The molecule has 0 aromatic heterocycles. The molecule has 410 valence electrons. The number of amides is 1. The lowest BCUT2D eigenvalue weighted by atomic mass is 9.94. The molecule has 3 saturated heterocycles. The Hall–Kier alpha value is -6.17. The summed E-state index contributed by atoms with van der Waals surface area (Å²) in [7, 11) is 0. The van der Waals surface area contributed by atoms with E-state index in [1.807, 2.05) is 128 Å². The molecule has 0 unspecified atom stereocenters. The van der Waals surface area contributed by atoms with Crippen molar-refractivity contribution in [1.29, 1.82) is 0 Å². The summed E-state index contributed by atoms with van der Waals surface area (Å²) in [6, 6.07) is 36.4. The number of esters is 4. The van der Waals surface area contributed by atoms with Gasteiger partial charge in [-0.15, -0.1) is 0 Å². The normalized spacial score (nSPS) is 29.3. The minimum absolute atomic E-state index is 0.0579. The highest BCUT2D eigenvalue weighted by molar-refractivity contribution is 5.73. The average Bonchev–Trinajstić information content (AvgIpc) is 3.39. The SMILES string of the molecule is CC(=O)N[C@@H]1[C@@H](O[C@@H]2O[C@H](COC(C)=O)[C@H](OC(C)=O)[C@H](OC(C)=O)[C@H]2OC(C)=O)[C@H](O[C@@H]2O[C@@H](C)[C@H](OCc3ccccc3)[C@@H](OCc3ccccc3)[C@H]2OCc2ccccc2)[C@@H](COCc2ccccc2)O[C@H]1O. The summed E-state index contributed by atoms with van der Waals surface area (Å²) in [5.41, 5.74) is 3.40. The number of nitrogens with one attached hydrogen (secondary N) is 1. The molecule has 0 spiro atoms. The Kier molecular flexibility index (Phi) is 21.4. The third-order valence-electron chi connectivity index (χ3n) is 12.5. The van der Waals surface area contributed by atoms with E-state index in [1.54, 1.807) is 0 Å². The van der Waals surface area contributed by atoms with E-state index in [0.29, 0.717) is 0 Å². The molecule has 1 amide bonds. The van der Waals surface area contributed by atoms with E-state index < -0.39 is 128 Å². The zero-order valence-electron chi connectivity index (χ0n) is 43.2. The second kappa shape index (κ2) is 28.3. The standard InChI is InChI=1S/C56H67NO19/c1-33-46(66-28-40-21-13-8-14-22-40)50(67-29-41-23-15-9-16-24-41)52(68-30-42-25-17-10-18-26-42)55(69-33)75-47-43(31-64-27-39-19-11-7-12-20-39)73-54(63)45(57-34(2)58)49(47)76-56-53(72-38(6)62)51(71-37(5)61)48(70-36(4)60)44(74-56)32-65-35(3)59/h7-26,33,43-56,63H,27-32H2,1-6H3,(H,57,58)/t33-,43+,44+,45+,46-,47+,48-,49+,50+,51-,52+,53+,54+,55-,56-/m0/s1. The zero-order valence-corrected chi connectivity index (χ0v) is 43.2. The molecular weight excluding hydrogens is 991 g/mol. The first-order valence-corrected chi connectivity index (χ1v) is 25.1. The first-order valence-electron chi connectivity index (χ1n) is 25.1. The first kappa shape index (κ1) is 57.5. The number of hydrogen-bond acceptors (Lipinski definition) is 19. The van der Waals surface area contributed by atoms with Crippen LogP contribution >= 0.6 is 0 Å². The minimum Gasteiger partial charge on any atom is -0.463 e. The number of benzene rings is 4. The van der Waals surface area contributed by atoms with Gasteiger partial charge in [-0.1, -0.05) is 121 Å². The molecule has 0 saturated carbocycles. The van der Waals surface area contributed by atoms with Crippen LogP contribution in [-0.4, -0.2) is 140 Å². The second-order valence-electron chi connectivity index (χ2n) is 18.6. The maximum Gasteiger partial charge on any atom is 0.303 e. The number of rotatable bonds is 23. The Morgan fingerprint density at radius 2 is 0.895 bits per heavy atom. The van der Waals surface area contributed by atoms with E-state index in [9.17, 15) is 29.1 Å². The summed E-state index contributed by atoms with van der Waals surface area (Å²) in [6.45, 7) is 7.11. The van der Waals surface area contributed by atoms with Crippen LogP contribution < -0.4 is 5.32 Å². The van der Waals surface area contributed by atoms with Gasteiger partial charge in [-0.3, -0.25) is 24.0 Å². The lowest BCUT2D eigenvalue weighted by Gasteiger charge is -2.51. The average molecular weight is 1060 g/mol. The number of carbonyl (C=O) groups is 5. The van der Waals surface area contributed by atoms with E-state index in [0.717, 1.165) is 49.9 Å². The van der Waals surface area contributed by atoms with Gasteiger partial charge in [0.2, 0.25) is 5.91 Å². The van der Waals surface area contributed by atoms with Crippen LogP contribution in [0.25, 0.3) is 0 Å². The predicted molar refractivity (Wildman–Crippen MR) is 266 cm³/mol. The lowest BCUT2D eigenvalue weighted by molar-refractivity contribution is -0.377. The van der Waals surface area contributed by atoms with E-state index in [2.05, 4.69) is 5.32 Å². The molecule has 3 aliphatic heterocycles. The van der Waals surface area contributed by atoms with Gasteiger partial charge in [-0.25, -0.2) is 0 Å². The fraction of sp³-hybridized carbons (Fsp3) is 0.482. The van der Waals surface area contributed by atoms with Gasteiger partial charge in [0.1, 0.15) is 55.4 Å². The van der Waals surface area contributed by atoms with Crippen molar-refractivity contribution in [3.8, 4) is 0 Å². The molecule has 20 heteroatoms. The fourth-order valence-electron chi connectivity index (χ4n) is 9.22. The van der Waals surface area contributed by atoms with Gasteiger partial charge >= 0.3 is 23.9 Å². The summed E-state index contributed by atoms with van der Waals surface area (Å²) in [5, 5.41) is 14.6. The Bertz CT molecular complexity index is 2450. The maximum absolute atomic E-state index is 13.2. The Balaban J connectivity index is 1.33. The van der Waals surface area contributed by atoms with Crippen molar-refractivity contribution in [2.24, 2.45) is 0 Å². The van der Waals surface area contributed by atoms with Gasteiger partial charge < -0.3 is 72.0 Å². The second-order valence-corrected chi connectivity index (χ2v) is 18.6. The molecule has 4 aromatic carbocycles. The zero-order chi connectivity index (χ0) is 54.1. The topological polar surface area (TPSA) is 238 Å². The molecule has 15 atom stereocenters. The predicted octanol–water partition coefficient (Wildman–Crippen LogP) is 4.78. The minimum atomic E-state index is -1.82. The Morgan fingerprint density at radius 3 is 1.39 bits per heavy atom. The summed E-state index contributed by atoms with van der Waals surface area (Å²) in [4.78, 5) is 63.8. The molecule has 0 radical (unpaired) electrons. The van der Waals surface area contributed by atoms with Crippen LogP contribution in [0.15, 0.2) is 121 Å². The van der Waals surface area contributed by atoms with Crippen LogP contribution in [0.2, 0.25) is 0 Å². The van der Waals surface area contributed by atoms with Gasteiger partial charge in [0, 0.05) is 34.6 Å². The molecular formula is C56H67NO19. The lowest BCUT2D eigenvalue weighted by Crippen LogP contribution is -2.70. The number of hydrogen-bond donors (Lipinski definition) is 2. The molecule has 0 bridgehead atoms. The quantitative estimate of drug-likeness (QED) is 0.0751. The van der Waals surface area contributed by atoms with Crippen LogP contribution in [0.1, 0.15) is 63.8 Å². The van der Waals surface area contributed by atoms with Crippen molar-refractivity contribution in [2.45, 2.75) is 160 Å². The van der Waals surface area contributed by atoms with Crippen molar-refractivity contribution >= 4 is 29.8 Å². The molecule has 4 aromatic rings. The van der Waals surface area contributed by atoms with E-state index in [4.69, 9.17) is 61.6 Å². The maximum atomic E-state index is 13.2. The van der Waals surface area contributed by atoms with Crippen molar-refractivity contribution in [2.75, 3.05) is 13.2 Å². The molecule has 2 N–H and O–H groups in total. The third kappa shape index (κ3) is 16.4. The van der Waals surface area contributed by atoms with Crippen molar-refractivity contribution in [3.05, 3.63) is 144 Å². The Labute approximate surface area is 441 Å². The highest BCUT2D eigenvalue weighted by Gasteiger charge is 2.58. The summed E-state index contributed by atoms with van der Waals surface area (Å²) in [5.74, 6) is -3.96. The summed E-state index contributed by atoms with van der Waals surface area (Å²) >= 11 is 0. The van der Waals surface area contributed by atoms with Gasteiger partial charge in [0.25, 0.3) is 0 Å². The molecule has 20 nitrogen and oxygen atoms in total. The fourth-order valence-corrected chi connectivity index (χ4v) is 9.22. The van der Waals surface area contributed by atoms with Crippen molar-refractivity contribution in [3.63, 3.8) is 0 Å². The molecule has 3 heterocycles. The monoisotopic (exact) mass is 1060 g/mol. The summed E-state index contributed by atoms with van der Waals surface area (Å²) in [6.07, 6.45) is -19.0. The highest BCUT2D eigenvalue weighted by Crippen LogP contribution is 2.38. The molecule has 0 aliphatic carbocycles. The molecule has 3 aliphatic rings. The van der Waals surface area contributed by atoms with Gasteiger partial charge in [-0.2, -0.15) is 0 Å². The highest BCUT2D eigenvalue weighted by atomic mass is 16.8. The van der Waals surface area contributed by atoms with Crippen molar-refractivity contribution < 1.29 is 90.7 Å². The Morgan fingerprint density at radius 1 is 0.461 bits per heavy atom. The van der Waals surface area contributed by atoms with Gasteiger partial charge in [0.15, 0.2) is 37.2 Å². The largest absolute Gasteiger partial charge is 0.463 e. The smallest absolute Gasteiger partial charge is 0.303 e. The van der Waals surface area contributed by atoms with E-state index in [1.165, 1.54) is 6.92 Å². The van der Waals surface area contributed by atoms with Crippen LogP contribution in [0.3, 0.4) is 0 Å². The number of ether oxygens (including phenoxy) is 13. The van der Waals surface area contributed by atoms with Crippen LogP contribution in [0, 0.1) is 0 Å².